The van der Waals surface area contributed by atoms with E-state index in [-0.39, 0.29) is 0 Å². The van der Waals surface area contributed by atoms with Crippen molar-refractivity contribution in [1.29, 1.82) is 0 Å². The van der Waals surface area contributed by atoms with E-state index < -0.39 is 0 Å². The van der Waals surface area contributed by atoms with Crippen molar-refractivity contribution in [3.63, 3.8) is 0 Å². The molecule has 3 aliphatic heterocycles. The summed E-state index contributed by atoms with van der Waals surface area (Å²) in [5.74, 6) is 0. The lowest BCUT2D eigenvalue weighted by atomic mass is 10.0. The SMILES string of the molecule is CN1CCN(CCCN=c2cc3n(O)cc(-c4ccccc4)cc-3cn2)CC1. The molecule has 0 unspecified atom stereocenters. The van der Waals surface area contributed by atoms with Crippen LogP contribution in [0.3, 0.4) is 0 Å². The molecule has 1 aromatic rings. The molecule has 6 heteroatoms. The van der Waals surface area contributed by atoms with E-state index in [1.807, 2.05) is 42.5 Å². The summed E-state index contributed by atoms with van der Waals surface area (Å²) in [6, 6.07) is 13.9. The van der Waals surface area contributed by atoms with Crippen LogP contribution >= 0.6 is 0 Å². The molecule has 6 nitrogen and oxygen atoms in total. The van der Waals surface area contributed by atoms with Crippen molar-refractivity contribution < 1.29 is 5.21 Å². The van der Waals surface area contributed by atoms with Gasteiger partial charge in [0.1, 0.15) is 5.49 Å². The van der Waals surface area contributed by atoms with E-state index in [9.17, 15) is 5.21 Å². The van der Waals surface area contributed by atoms with Gasteiger partial charge in [0, 0.05) is 56.1 Å². The summed E-state index contributed by atoms with van der Waals surface area (Å²) in [6.07, 6.45) is 4.54. The first-order valence-electron chi connectivity index (χ1n) is 9.87. The Hall–Kier alpha value is -2.70. The summed E-state index contributed by atoms with van der Waals surface area (Å²) in [5, 5.41) is 10.4. The minimum absolute atomic E-state index is 0.668. The molecular formula is C22H27N5O. The van der Waals surface area contributed by atoms with Gasteiger partial charge in [-0.3, -0.25) is 4.99 Å². The number of likely N-dealkylation sites (N-methyl/N-ethyl adjacent to an activating group) is 1. The summed E-state index contributed by atoms with van der Waals surface area (Å²) in [5.41, 5.74) is 4.29. The number of fused-ring (bicyclic) bond motifs is 1. The molecule has 0 spiro atoms. The van der Waals surface area contributed by atoms with Crippen LogP contribution in [0.4, 0.5) is 0 Å². The Labute approximate surface area is 165 Å². The zero-order valence-corrected chi connectivity index (χ0v) is 16.3. The average molecular weight is 377 g/mol. The van der Waals surface area contributed by atoms with Crippen molar-refractivity contribution in [1.82, 2.24) is 19.5 Å². The van der Waals surface area contributed by atoms with Crippen LogP contribution in [0.2, 0.25) is 0 Å². The van der Waals surface area contributed by atoms with E-state index >= 15 is 0 Å². The molecule has 0 bridgehead atoms. The number of hydrogen-bond donors (Lipinski definition) is 1. The number of piperazine rings is 1. The van der Waals surface area contributed by atoms with Crippen LogP contribution in [0.1, 0.15) is 6.42 Å². The van der Waals surface area contributed by atoms with Crippen LogP contribution in [0, 0.1) is 0 Å². The summed E-state index contributed by atoms with van der Waals surface area (Å²) in [4.78, 5) is 13.9. The Morgan fingerprint density at radius 3 is 2.57 bits per heavy atom. The van der Waals surface area contributed by atoms with Crippen molar-refractivity contribution >= 4 is 0 Å². The molecule has 0 atom stereocenters. The van der Waals surface area contributed by atoms with Crippen LogP contribution in [0.25, 0.3) is 22.4 Å². The van der Waals surface area contributed by atoms with Crippen molar-refractivity contribution in [3.05, 3.63) is 60.3 Å². The largest absolute Gasteiger partial charge is 0.428 e. The van der Waals surface area contributed by atoms with Crippen molar-refractivity contribution in [2.45, 2.75) is 6.42 Å². The standard InChI is InChI=1S/C22H27N5O/c1-25-10-12-26(13-11-25)9-5-8-23-22-15-21-19(16-24-22)14-20(17-27(21)28)18-6-3-2-4-7-18/h2-4,6-7,14-17,28H,5,8-13H2,1H3. The normalized spacial score (nSPS) is 16.7. The predicted octanol–water partition coefficient (Wildman–Crippen LogP) is 2.43. The Morgan fingerprint density at radius 1 is 1.00 bits per heavy atom. The molecule has 3 heterocycles. The minimum Gasteiger partial charge on any atom is -0.428 e. The van der Waals surface area contributed by atoms with E-state index in [1.165, 1.54) is 4.73 Å². The zero-order chi connectivity index (χ0) is 19.3. The molecule has 0 aromatic heterocycles. The predicted molar refractivity (Wildman–Crippen MR) is 110 cm³/mol. The highest BCUT2D eigenvalue weighted by Gasteiger charge is 2.13. The van der Waals surface area contributed by atoms with Crippen molar-refractivity contribution in [2.75, 3.05) is 46.3 Å². The van der Waals surface area contributed by atoms with Crippen LogP contribution in [0.15, 0.2) is 59.9 Å². The van der Waals surface area contributed by atoms with E-state index in [0.29, 0.717) is 11.2 Å². The summed E-state index contributed by atoms with van der Waals surface area (Å²) < 4.78 is 1.17. The average Bonchev–Trinajstić information content (AvgIpc) is 2.73. The third-order valence-corrected chi connectivity index (χ3v) is 5.33. The lowest BCUT2D eigenvalue weighted by Gasteiger charge is -2.32. The Bertz CT molecular complexity index is 945. The molecule has 0 radical (unpaired) electrons. The third kappa shape index (κ3) is 4.40. The van der Waals surface area contributed by atoms with Crippen LogP contribution in [-0.2, 0) is 0 Å². The van der Waals surface area contributed by atoms with E-state index in [4.69, 9.17) is 0 Å². The fourth-order valence-corrected chi connectivity index (χ4v) is 3.59. The fraction of sp³-hybridized carbons (Fsp3) is 0.364. The number of pyridine rings is 2. The van der Waals surface area contributed by atoms with Gasteiger partial charge < -0.3 is 15.0 Å². The Morgan fingerprint density at radius 2 is 1.79 bits per heavy atom. The molecule has 1 fully saturated rings. The topological polar surface area (TPSA) is 56.9 Å². The smallest absolute Gasteiger partial charge is 0.149 e. The van der Waals surface area contributed by atoms with Gasteiger partial charge in [-0.2, -0.15) is 4.73 Å². The second-order valence-corrected chi connectivity index (χ2v) is 7.42. The van der Waals surface area contributed by atoms with Gasteiger partial charge in [-0.1, -0.05) is 30.3 Å². The van der Waals surface area contributed by atoms with Crippen LogP contribution < -0.4 is 5.49 Å². The Balaban J connectivity index is 1.45. The lowest BCUT2D eigenvalue weighted by Crippen LogP contribution is -2.44. The summed E-state index contributed by atoms with van der Waals surface area (Å²) in [7, 11) is 2.17. The number of hydrogen-bond acceptors (Lipinski definition) is 5. The minimum atomic E-state index is 0.668. The number of nitrogens with zero attached hydrogens (tertiary/aromatic N) is 5. The highest BCUT2D eigenvalue weighted by Crippen LogP contribution is 2.26. The molecule has 3 aliphatic rings. The molecule has 1 aromatic carbocycles. The summed E-state index contributed by atoms with van der Waals surface area (Å²) >= 11 is 0. The highest BCUT2D eigenvalue weighted by atomic mass is 16.5. The Kier molecular flexibility index (Phi) is 5.69. The maximum atomic E-state index is 10.4. The van der Waals surface area contributed by atoms with E-state index in [1.54, 1.807) is 12.4 Å². The quantitative estimate of drug-likeness (QED) is 0.548. The van der Waals surface area contributed by atoms with Gasteiger partial charge in [0.25, 0.3) is 0 Å². The molecule has 0 amide bonds. The first-order valence-corrected chi connectivity index (χ1v) is 9.87. The van der Waals surface area contributed by atoms with Crippen molar-refractivity contribution in [2.24, 2.45) is 4.99 Å². The zero-order valence-electron chi connectivity index (χ0n) is 16.3. The number of rotatable bonds is 5. The lowest BCUT2D eigenvalue weighted by molar-refractivity contribution is 0.153. The van der Waals surface area contributed by atoms with Gasteiger partial charge >= 0.3 is 0 Å². The monoisotopic (exact) mass is 377 g/mol. The molecule has 1 saturated heterocycles. The first-order chi connectivity index (χ1) is 13.7. The molecule has 0 aliphatic carbocycles. The second-order valence-electron chi connectivity index (χ2n) is 7.42. The second kappa shape index (κ2) is 8.54. The van der Waals surface area contributed by atoms with Crippen molar-refractivity contribution in [3.8, 4) is 22.4 Å². The van der Waals surface area contributed by atoms with Gasteiger partial charge in [-0.25, -0.2) is 4.98 Å². The van der Waals surface area contributed by atoms with Crippen LogP contribution in [-0.4, -0.2) is 71.0 Å². The molecule has 4 rings (SSSR count). The van der Waals surface area contributed by atoms with Gasteiger partial charge in [0.05, 0.1) is 11.9 Å². The van der Waals surface area contributed by atoms with E-state index in [0.717, 1.165) is 62.4 Å². The fourth-order valence-electron chi connectivity index (χ4n) is 3.59. The summed E-state index contributed by atoms with van der Waals surface area (Å²) in [6.45, 7) is 6.39. The maximum Gasteiger partial charge on any atom is 0.149 e. The maximum absolute atomic E-state index is 10.4. The molecule has 28 heavy (non-hydrogen) atoms. The first kappa shape index (κ1) is 18.7. The van der Waals surface area contributed by atoms with Gasteiger partial charge in [-0.05, 0) is 31.6 Å². The van der Waals surface area contributed by atoms with Gasteiger partial charge in [0.2, 0.25) is 0 Å². The number of aromatic nitrogens is 2. The number of benzene rings is 1. The molecule has 1 N–H and O–H groups in total. The van der Waals surface area contributed by atoms with E-state index in [2.05, 4.69) is 26.8 Å². The van der Waals surface area contributed by atoms with Gasteiger partial charge in [-0.15, -0.1) is 0 Å². The van der Waals surface area contributed by atoms with Crippen LogP contribution in [0.5, 0.6) is 0 Å². The third-order valence-electron chi connectivity index (χ3n) is 5.33. The molecular weight excluding hydrogens is 350 g/mol. The molecule has 0 saturated carbocycles. The molecule has 146 valence electrons. The highest BCUT2D eigenvalue weighted by molar-refractivity contribution is 5.71. The van der Waals surface area contributed by atoms with Gasteiger partial charge in [0.15, 0.2) is 0 Å².